The van der Waals surface area contributed by atoms with E-state index in [1.54, 1.807) is 0 Å². The summed E-state index contributed by atoms with van der Waals surface area (Å²) in [6.07, 6.45) is 5.37. The van der Waals surface area contributed by atoms with E-state index in [9.17, 15) is 4.79 Å². The van der Waals surface area contributed by atoms with E-state index >= 15 is 0 Å². The van der Waals surface area contributed by atoms with Crippen LogP contribution in [0.5, 0.6) is 0 Å². The summed E-state index contributed by atoms with van der Waals surface area (Å²) in [4.78, 5) is 14.6. The Morgan fingerprint density at radius 3 is 2.17 bits per heavy atom. The lowest BCUT2D eigenvalue weighted by Crippen LogP contribution is -2.48. The predicted molar refractivity (Wildman–Crippen MR) is 99.5 cm³/mol. The van der Waals surface area contributed by atoms with Gasteiger partial charge in [-0.05, 0) is 42.5 Å². The largest absolute Gasteiger partial charge is 0.351 e. The highest BCUT2D eigenvalue weighted by molar-refractivity contribution is 5.82. The number of nitrogens with two attached hydrogens (primary N) is 1. The highest BCUT2D eigenvalue weighted by atomic mass is 16.2. The third kappa shape index (κ3) is 5.91. The second-order valence-electron chi connectivity index (χ2n) is 8.07. The van der Waals surface area contributed by atoms with Crippen LogP contribution in [-0.4, -0.2) is 29.9 Å². The van der Waals surface area contributed by atoms with Crippen LogP contribution in [0, 0.1) is 5.41 Å². The molecule has 1 saturated heterocycles. The summed E-state index contributed by atoms with van der Waals surface area (Å²) in [6.45, 7) is 9.93. The topological polar surface area (TPSA) is 58.4 Å². The van der Waals surface area contributed by atoms with Crippen LogP contribution in [0.25, 0.3) is 0 Å². The average Bonchev–Trinajstić information content (AvgIpc) is 2.81. The summed E-state index contributed by atoms with van der Waals surface area (Å²) in [5.41, 5.74) is 8.22. The Morgan fingerprint density at radius 2 is 1.62 bits per heavy atom. The van der Waals surface area contributed by atoms with Gasteiger partial charge in [0.05, 0.1) is 6.04 Å². The number of nitrogens with zero attached hydrogens (tertiary/aromatic N) is 1. The zero-order valence-corrected chi connectivity index (χ0v) is 15.5. The van der Waals surface area contributed by atoms with Crippen molar-refractivity contribution in [1.29, 1.82) is 0 Å². The summed E-state index contributed by atoms with van der Waals surface area (Å²) >= 11 is 0. The van der Waals surface area contributed by atoms with Gasteiger partial charge in [-0.1, -0.05) is 57.9 Å². The molecular weight excluding hydrogens is 298 g/mol. The van der Waals surface area contributed by atoms with Gasteiger partial charge < -0.3 is 11.1 Å². The van der Waals surface area contributed by atoms with Crippen LogP contribution in [0.1, 0.15) is 57.6 Å². The minimum absolute atomic E-state index is 0.0869. The fraction of sp³-hybridized carbons (Fsp3) is 0.650. The molecule has 4 nitrogen and oxygen atoms in total. The van der Waals surface area contributed by atoms with Crippen molar-refractivity contribution in [3.63, 3.8) is 0 Å². The molecule has 1 atom stereocenters. The first kappa shape index (κ1) is 18.9. The van der Waals surface area contributed by atoms with Gasteiger partial charge in [0.25, 0.3) is 0 Å². The van der Waals surface area contributed by atoms with Crippen LogP contribution in [-0.2, 0) is 17.9 Å². The van der Waals surface area contributed by atoms with Crippen molar-refractivity contribution in [2.75, 3.05) is 13.1 Å². The van der Waals surface area contributed by atoms with Crippen molar-refractivity contribution < 1.29 is 4.79 Å². The predicted octanol–water partition coefficient (Wildman–Crippen LogP) is 3.05. The zero-order chi connectivity index (χ0) is 17.6. The van der Waals surface area contributed by atoms with Crippen molar-refractivity contribution in [2.24, 2.45) is 11.1 Å². The standard InChI is InChI=1S/C20H33N3O/c1-20(2,3)18(21)19(24)22-14-16-8-10-17(11-9-16)15-23-12-6-4-5-7-13-23/h8-11,18H,4-7,12-15,21H2,1-3H3,(H,22,24)/t18-/m1/s1. The summed E-state index contributed by atoms with van der Waals surface area (Å²) in [5, 5.41) is 2.94. The average molecular weight is 332 g/mol. The molecule has 134 valence electrons. The summed E-state index contributed by atoms with van der Waals surface area (Å²) in [5.74, 6) is -0.0869. The summed E-state index contributed by atoms with van der Waals surface area (Å²) in [6, 6.07) is 8.08. The number of rotatable bonds is 5. The van der Waals surface area contributed by atoms with Gasteiger partial charge in [0.1, 0.15) is 0 Å². The molecule has 0 unspecified atom stereocenters. The van der Waals surface area contributed by atoms with Crippen molar-refractivity contribution in [2.45, 2.75) is 65.6 Å². The van der Waals surface area contributed by atoms with E-state index in [0.717, 1.165) is 12.1 Å². The van der Waals surface area contributed by atoms with Gasteiger partial charge in [-0.15, -0.1) is 0 Å². The molecule has 1 aromatic rings. The molecular formula is C20H33N3O. The zero-order valence-electron chi connectivity index (χ0n) is 15.5. The third-order valence-electron chi connectivity index (χ3n) is 4.81. The van der Waals surface area contributed by atoms with Crippen molar-refractivity contribution in [3.05, 3.63) is 35.4 Å². The number of hydrogen-bond acceptors (Lipinski definition) is 3. The van der Waals surface area contributed by atoms with Crippen LogP contribution in [0.2, 0.25) is 0 Å². The molecule has 3 N–H and O–H groups in total. The van der Waals surface area contributed by atoms with Gasteiger partial charge in [-0.2, -0.15) is 0 Å². The fourth-order valence-electron chi connectivity index (χ4n) is 3.01. The normalized spacial score (nSPS) is 18.0. The SMILES string of the molecule is CC(C)(C)[C@H](N)C(=O)NCc1ccc(CN2CCCCCC2)cc1. The molecule has 0 aliphatic carbocycles. The molecule has 1 heterocycles. The second kappa shape index (κ2) is 8.63. The van der Waals surface area contributed by atoms with Crippen LogP contribution >= 0.6 is 0 Å². The van der Waals surface area contributed by atoms with Crippen LogP contribution in [0.15, 0.2) is 24.3 Å². The molecule has 1 fully saturated rings. The van der Waals surface area contributed by atoms with Gasteiger partial charge in [0.15, 0.2) is 0 Å². The first-order valence-electron chi connectivity index (χ1n) is 9.20. The monoisotopic (exact) mass is 331 g/mol. The van der Waals surface area contributed by atoms with Gasteiger partial charge in [-0.3, -0.25) is 9.69 Å². The highest BCUT2D eigenvalue weighted by Gasteiger charge is 2.27. The maximum Gasteiger partial charge on any atom is 0.237 e. The molecule has 0 saturated carbocycles. The maximum absolute atomic E-state index is 12.1. The Kier molecular flexibility index (Phi) is 6.81. The van der Waals surface area contributed by atoms with Gasteiger partial charge in [0.2, 0.25) is 5.91 Å². The maximum atomic E-state index is 12.1. The van der Waals surface area contributed by atoms with Crippen molar-refractivity contribution >= 4 is 5.91 Å². The number of benzene rings is 1. The lowest BCUT2D eigenvalue weighted by Gasteiger charge is -2.25. The molecule has 1 amide bonds. The minimum Gasteiger partial charge on any atom is -0.351 e. The van der Waals surface area contributed by atoms with Crippen LogP contribution in [0.3, 0.4) is 0 Å². The number of hydrogen-bond donors (Lipinski definition) is 2. The Balaban J connectivity index is 1.82. The van der Waals surface area contributed by atoms with Gasteiger partial charge >= 0.3 is 0 Å². The quantitative estimate of drug-likeness (QED) is 0.872. The van der Waals surface area contributed by atoms with E-state index < -0.39 is 6.04 Å². The van der Waals surface area contributed by atoms with Gasteiger partial charge in [-0.25, -0.2) is 0 Å². The molecule has 0 radical (unpaired) electrons. The lowest BCUT2D eigenvalue weighted by molar-refractivity contribution is -0.124. The Labute approximate surface area is 146 Å². The van der Waals surface area contributed by atoms with Gasteiger partial charge in [0, 0.05) is 13.1 Å². The minimum atomic E-state index is -0.486. The molecule has 0 aromatic heterocycles. The van der Waals surface area contributed by atoms with Crippen LogP contribution in [0.4, 0.5) is 0 Å². The molecule has 0 bridgehead atoms. The van der Waals surface area contributed by atoms with E-state index in [1.165, 1.54) is 44.3 Å². The number of carbonyl (C=O) groups is 1. The summed E-state index contributed by atoms with van der Waals surface area (Å²) in [7, 11) is 0. The van der Waals surface area contributed by atoms with Crippen molar-refractivity contribution in [1.82, 2.24) is 10.2 Å². The van der Waals surface area contributed by atoms with E-state index in [0.29, 0.717) is 6.54 Å². The molecule has 2 rings (SSSR count). The molecule has 4 heteroatoms. The number of likely N-dealkylation sites (tertiary alicyclic amines) is 1. The van der Waals surface area contributed by atoms with Crippen LogP contribution < -0.4 is 11.1 Å². The first-order chi connectivity index (χ1) is 11.4. The van der Waals surface area contributed by atoms with Crippen molar-refractivity contribution in [3.8, 4) is 0 Å². The molecule has 1 aliphatic heterocycles. The molecule has 24 heavy (non-hydrogen) atoms. The molecule has 1 aromatic carbocycles. The second-order valence-corrected chi connectivity index (χ2v) is 8.07. The Bertz CT molecular complexity index is 511. The number of amides is 1. The van der Waals surface area contributed by atoms with E-state index in [2.05, 4.69) is 34.5 Å². The lowest BCUT2D eigenvalue weighted by atomic mass is 9.87. The van der Waals surface area contributed by atoms with E-state index in [-0.39, 0.29) is 11.3 Å². The fourth-order valence-corrected chi connectivity index (χ4v) is 3.01. The smallest absolute Gasteiger partial charge is 0.237 e. The third-order valence-corrected chi connectivity index (χ3v) is 4.81. The van der Waals surface area contributed by atoms with E-state index in [4.69, 9.17) is 5.73 Å². The van der Waals surface area contributed by atoms with E-state index in [1.807, 2.05) is 20.8 Å². The summed E-state index contributed by atoms with van der Waals surface area (Å²) < 4.78 is 0. The Hall–Kier alpha value is -1.39. The molecule has 0 spiro atoms. The number of carbonyl (C=O) groups excluding carboxylic acids is 1. The highest BCUT2D eigenvalue weighted by Crippen LogP contribution is 2.17. The Morgan fingerprint density at radius 1 is 1.08 bits per heavy atom. The first-order valence-corrected chi connectivity index (χ1v) is 9.20. The molecule has 1 aliphatic rings. The number of nitrogens with one attached hydrogen (secondary N) is 1.